The Hall–Kier alpha value is -1.59. The number of benzene rings is 1. The molecule has 1 aliphatic rings. The van der Waals surface area contributed by atoms with E-state index >= 15 is 0 Å². The molecule has 0 saturated carbocycles. The minimum atomic E-state index is 0.104. The highest BCUT2D eigenvalue weighted by atomic mass is 16.5. The molecule has 1 aromatic rings. The smallest absolute Gasteiger partial charge is 0.124 e. The van der Waals surface area contributed by atoms with Gasteiger partial charge in [-0.3, -0.25) is 10.3 Å². The second-order valence-electron chi connectivity index (χ2n) is 5.20. The molecule has 0 aromatic heterocycles. The van der Waals surface area contributed by atoms with Gasteiger partial charge in [-0.25, -0.2) is 0 Å². The van der Waals surface area contributed by atoms with E-state index in [0.717, 1.165) is 44.0 Å². The molecule has 5 heteroatoms. The molecule has 0 bridgehead atoms. The molecule has 1 heterocycles. The van der Waals surface area contributed by atoms with Crippen LogP contribution in [-0.4, -0.2) is 56.7 Å². The zero-order valence-corrected chi connectivity index (χ0v) is 12.3. The van der Waals surface area contributed by atoms with Crippen LogP contribution in [0.4, 0.5) is 5.69 Å². The van der Waals surface area contributed by atoms with Gasteiger partial charge >= 0.3 is 0 Å². The van der Waals surface area contributed by atoms with Crippen molar-refractivity contribution < 1.29 is 4.74 Å². The van der Waals surface area contributed by atoms with Gasteiger partial charge in [-0.05, 0) is 18.7 Å². The number of rotatable bonds is 5. The number of nitrogens with two attached hydrogens (primary N) is 1. The van der Waals surface area contributed by atoms with Crippen molar-refractivity contribution in [2.45, 2.75) is 13.0 Å². The number of anilines is 1. The molecule has 5 nitrogen and oxygen atoms in total. The van der Waals surface area contributed by atoms with Gasteiger partial charge in [-0.15, -0.1) is 0 Å². The van der Waals surface area contributed by atoms with Crippen molar-refractivity contribution in [3.8, 4) is 0 Å². The van der Waals surface area contributed by atoms with Crippen molar-refractivity contribution in [1.29, 1.82) is 5.41 Å². The highest BCUT2D eigenvalue weighted by Gasteiger charge is 2.21. The van der Waals surface area contributed by atoms with Crippen LogP contribution in [0.2, 0.25) is 0 Å². The molecule has 0 aliphatic carbocycles. The maximum absolute atomic E-state index is 7.66. The van der Waals surface area contributed by atoms with Gasteiger partial charge in [0.05, 0.1) is 12.7 Å². The van der Waals surface area contributed by atoms with E-state index < -0.39 is 0 Å². The summed E-state index contributed by atoms with van der Waals surface area (Å²) in [5.41, 5.74) is 7.41. The van der Waals surface area contributed by atoms with Crippen LogP contribution in [0.5, 0.6) is 0 Å². The second kappa shape index (κ2) is 6.72. The van der Waals surface area contributed by atoms with Crippen molar-refractivity contribution in [3.05, 3.63) is 29.8 Å². The van der Waals surface area contributed by atoms with Crippen LogP contribution in [0.25, 0.3) is 0 Å². The molecule has 1 atom stereocenters. The number of amidine groups is 1. The third-order valence-electron chi connectivity index (χ3n) is 3.75. The minimum absolute atomic E-state index is 0.104. The van der Waals surface area contributed by atoms with Crippen LogP contribution in [0.3, 0.4) is 0 Å². The Labute approximate surface area is 120 Å². The third kappa shape index (κ3) is 3.49. The lowest BCUT2D eigenvalue weighted by atomic mass is 10.1. The zero-order valence-electron chi connectivity index (χ0n) is 12.3. The summed E-state index contributed by atoms with van der Waals surface area (Å²) in [7, 11) is 2.02. The lowest BCUT2D eigenvalue weighted by Crippen LogP contribution is -2.47. The maximum Gasteiger partial charge on any atom is 0.124 e. The highest BCUT2D eigenvalue weighted by molar-refractivity contribution is 6.00. The Morgan fingerprint density at radius 1 is 1.50 bits per heavy atom. The summed E-state index contributed by atoms with van der Waals surface area (Å²) in [4.78, 5) is 4.53. The molecular formula is C15H24N4O. The Morgan fingerprint density at radius 2 is 2.25 bits per heavy atom. The predicted molar refractivity (Wildman–Crippen MR) is 82.6 cm³/mol. The van der Waals surface area contributed by atoms with E-state index in [9.17, 15) is 0 Å². The van der Waals surface area contributed by atoms with Gasteiger partial charge < -0.3 is 15.4 Å². The average Bonchev–Trinajstić information content (AvgIpc) is 2.47. The monoisotopic (exact) mass is 276 g/mol. The highest BCUT2D eigenvalue weighted by Crippen LogP contribution is 2.19. The van der Waals surface area contributed by atoms with Crippen molar-refractivity contribution >= 4 is 11.5 Å². The Bertz CT molecular complexity index is 463. The lowest BCUT2D eigenvalue weighted by Gasteiger charge is -2.35. The fourth-order valence-corrected chi connectivity index (χ4v) is 2.62. The fourth-order valence-electron chi connectivity index (χ4n) is 2.62. The first-order chi connectivity index (χ1) is 9.61. The molecule has 0 amide bonds. The number of nitrogens with one attached hydrogen (secondary N) is 1. The lowest BCUT2D eigenvalue weighted by molar-refractivity contribution is -0.0216. The summed E-state index contributed by atoms with van der Waals surface area (Å²) < 4.78 is 5.83. The molecule has 1 aliphatic heterocycles. The molecule has 1 fully saturated rings. The zero-order chi connectivity index (χ0) is 14.5. The number of nitrogen functional groups attached to an aromatic ring is 1. The number of likely N-dealkylation sites (N-methyl/N-ethyl adjacent to an activating group) is 2. The first-order valence-electron chi connectivity index (χ1n) is 7.10. The Kier molecular flexibility index (Phi) is 4.98. The van der Waals surface area contributed by atoms with Crippen LogP contribution in [0.1, 0.15) is 12.5 Å². The SMILES string of the molecule is CCN1CCOC(CN(C)c2ccccc2C(=N)N)C1. The van der Waals surface area contributed by atoms with E-state index in [1.807, 2.05) is 31.3 Å². The Balaban J connectivity index is 2.04. The fraction of sp³-hybridized carbons (Fsp3) is 0.533. The van der Waals surface area contributed by atoms with Gasteiger partial charge in [-0.2, -0.15) is 0 Å². The van der Waals surface area contributed by atoms with Crippen LogP contribution < -0.4 is 10.6 Å². The first kappa shape index (κ1) is 14.8. The number of para-hydroxylation sites is 1. The van der Waals surface area contributed by atoms with Crippen LogP contribution in [0, 0.1) is 5.41 Å². The van der Waals surface area contributed by atoms with Gasteiger partial charge in [-0.1, -0.05) is 19.1 Å². The van der Waals surface area contributed by atoms with Crippen molar-refractivity contribution in [2.24, 2.45) is 5.73 Å². The minimum Gasteiger partial charge on any atom is -0.384 e. The molecule has 1 aromatic carbocycles. The van der Waals surface area contributed by atoms with Crippen molar-refractivity contribution in [3.63, 3.8) is 0 Å². The summed E-state index contributed by atoms with van der Waals surface area (Å²) in [5.74, 6) is 0.104. The molecular weight excluding hydrogens is 252 g/mol. The summed E-state index contributed by atoms with van der Waals surface area (Å²) in [6.07, 6.45) is 0.203. The van der Waals surface area contributed by atoms with Gasteiger partial charge in [0.15, 0.2) is 0 Å². The first-order valence-corrected chi connectivity index (χ1v) is 7.10. The van der Waals surface area contributed by atoms with E-state index in [1.54, 1.807) is 0 Å². The summed E-state index contributed by atoms with van der Waals surface area (Å²) in [5, 5.41) is 7.66. The van der Waals surface area contributed by atoms with E-state index in [1.165, 1.54) is 0 Å². The quantitative estimate of drug-likeness (QED) is 0.625. The molecule has 20 heavy (non-hydrogen) atoms. The molecule has 2 rings (SSSR count). The average molecular weight is 276 g/mol. The normalized spacial score (nSPS) is 19.8. The summed E-state index contributed by atoms with van der Waals surface area (Å²) in [6, 6.07) is 7.76. The number of hydrogen-bond acceptors (Lipinski definition) is 4. The van der Waals surface area contributed by atoms with Crippen LogP contribution >= 0.6 is 0 Å². The van der Waals surface area contributed by atoms with Gasteiger partial charge in [0.1, 0.15) is 5.84 Å². The molecule has 0 spiro atoms. The largest absolute Gasteiger partial charge is 0.384 e. The van der Waals surface area contributed by atoms with Crippen LogP contribution in [-0.2, 0) is 4.74 Å². The second-order valence-corrected chi connectivity index (χ2v) is 5.20. The van der Waals surface area contributed by atoms with Gasteiger partial charge in [0.25, 0.3) is 0 Å². The molecule has 1 saturated heterocycles. The summed E-state index contributed by atoms with van der Waals surface area (Å²) in [6.45, 7) is 6.82. The number of nitrogens with zero attached hydrogens (tertiary/aromatic N) is 2. The molecule has 1 unspecified atom stereocenters. The van der Waals surface area contributed by atoms with E-state index in [2.05, 4.69) is 16.7 Å². The number of hydrogen-bond donors (Lipinski definition) is 2. The van der Waals surface area contributed by atoms with E-state index in [-0.39, 0.29) is 11.9 Å². The van der Waals surface area contributed by atoms with Crippen molar-refractivity contribution in [2.75, 3.05) is 44.7 Å². The summed E-state index contributed by atoms with van der Waals surface area (Å²) >= 11 is 0. The molecule has 0 radical (unpaired) electrons. The number of morpholine rings is 1. The topological polar surface area (TPSA) is 65.6 Å². The van der Waals surface area contributed by atoms with E-state index in [4.69, 9.17) is 15.9 Å². The molecule has 110 valence electrons. The van der Waals surface area contributed by atoms with Crippen molar-refractivity contribution in [1.82, 2.24) is 4.90 Å². The maximum atomic E-state index is 7.66. The standard InChI is InChI=1S/C15H24N4O/c1-3-19-8-9-20-12(11-19)10-18(2)14-7-5-4-6-13(14)15(16)17/h4-7,12H,3,8-11H2,1-2H3,(H3,16,17). The van der Waals surface area contributed by atoms with Gasteiger partial charge in [0.2, 0.25) is 0 Å². The van der Waals surface area contributed by atoms with Crippen LogP contribution in [0.15, 0.2) is 24.3 Å². The van der Waals surface area contributed by atoms with Gasteiger partial charge in [0, 0.05) is 37.9 Å². The van der Waals surface area contributed by atoms with E-state index in [0.29, 0.717) is 0 Å². The number of ether oxygens (including phenoxy) is 1. The Morgan fingerprint density at radius 3 is 2.95 bits per heavy atom. The molecule has 3 N–H and O–H groups in total. The third-order valence-corrected chi connectivity index (χ3v) is 3.75. The predicted octanol–water partition coefficient (Wildman–Crippen LogP) is 1.13.